The van der Waals surface area contributed by atoms with E-state index < -0.39 is 10.0 Å². The minimum absolute atomic E-state index is 0.0825. The van der Waals surface area contributed by atoms with Crippen LogP contribution in [0.1, 0.15) is 0 Å². The molecule has 1 aromatic carbocycles. The van der Waals surface area contributed by atoms with Crippen LogP contribution in [0.15, 0.2) is 48.8 Å². The number of pyridine rings is 1. The van der Waals surface area contributed by atoms with Gasteiger partial charge in [0, 0.05) is 74.5 Å². The number of hydrogen-bond donors (Lipinski definition) is 0. The normalized spacial score (nSPS) is 20.4. The molecule has 1 atom stereocenters. The van der Waals surface area contributed by atoms with Crippen LogP contribution in [0.3, 0.4) is 0 Å². The summed E-state index contributed by atoms with van der Waals surface area (Å²) in [5.41, 5.74) is 1.87. The zero-order valence-corrected chi connectivity index (χ0v) is 21.7. The Morgan fingerprint density at radius 1 is 1.03 bits per heavy atom. The highest BCUT2D eigenvalue weighted by Gasteiger charge is 2.28. The Hall–Kier alpha value is -2.70. The van der Waals surface area contributed by atoms with E-state index >= 15 is 0 Å². The molecule has 0 aliphatic carbocycles. The molecule has 3 aromatic heterocycles. The van der Waals surface area contributed by atoms with Gasteiger partial charge in [0.05, 0.1) is 29.5 Å². The van der Waals surface area contributed by atoms with Crippen LogP contribution in [0.2, 0.25) is 0 Å². The van der Waals surface area contributed by atoms with Crippen molar-refractivity contribution < 1.29 is 13.2 Å². The number of benzene rings is 1. The predicted molar refractivity (Wildman–Crippen MR) is 143 cm³/mol. The molecule has 2 saturated heterocycles. The summed E-state index contributed by atoms with van der Waals surface area (Å²) in [4.78, 5) is 19.7. The van der Waals surface area contributed by atoms with E-state index in [-0.39, 0.29) is 6.10 Å². The number of nitrogens with zero attached hydrogens (tertiary/aromatic N) is 6. The highest BCUT2D eigenvalue weighted by Crippen LogP contribution is 2.33. The van der Waals surface area contributed by atoms with Gasteiger partial charge in [0.15, 0.2) is 5.82 Å². The number of anilines is 1. The largest absolute Gasteiger partial charge is 0.373 e. The molecule has 0 spiro atoms. The molecule has 0 saturated carbocycles. The Morgan fingerprint density at radius 2 is 1.86 bits per heavy atom. The first kappa shape index (κ1) is 23.7. The molecule has 9 nitrogen and oxygen atoms in total. The van der Waals surface area contributed by atoms with E-state index in [4.69, 9.17) is 9.72 Å². The Balaban J connectivity index is 1.15. The van der Waals surface area contributed by atoms with E-state index in [1.807, 2.05) is 36.7 Å². The van der Waals surface area contributed by atoms with E-state index in [1.54, 1.807) is 15.6 Å². The Kier molecular flexibility index (Phi) is 6.34. The molecule has 36 heavy (non-hydrogen) atoms. The van der Waals surface area contributed by atoms with Crippen LogP contribution in [0.25, 0.3) is 32.5 Å². The summed E-state index contributed by atoms with van der Waals surface area (Å²) in [5.74, 6) is 0.683. The minimum Gasteiger partial charge on any atom is -0.373 e. The third-order valence-corrected chi connectivity index (χ3v) is 9.23. The SMILES string of the molecule is CS(=O)(=O)N1CCN(CC2CN(c3cc4cnc(-c5cnc6ccccc6c5)nc4s3)CCO2)CC1. The van der Waals surface area contributed by atoms with Gasteiger partial charge in [-0.25, -0.2) is 18.4 Å². The standard InChI is InChI=1S/C25H28N6O3S2/c1-36(32,33)31-8-6-29(7-9-31)16-21-17-30(10-11-34-21)23-13-20-15-27-24(28-25(20)35-23)19-12-18-4-2-3-5-22(18)26-14-19/h2-5,12-15,21H,6-11,16-17H2,1H3. The lowest BCUT2D eigenvalue weighted by atomic mass is 10.1. The minimum atomic E-state index is -3.12. The maximum Gasteiger partial charge on any atom is 0.211 e. The van der Waals surface area contributed by atoms with Gasteiger partial charge in [-0.1, -0.05) is 29.5 Å². The Morgan fingerprint density at radius 3 is 2.69 bits per heavy atom. The quantitative estimate of drug-likeness (QED) is 0.394. The smallest absolute Gasteiger partial charge is 0.211 e. The summed E-state index contributed by atoms with van der Waals surface area (Å²) in [6.45, 7) is 5.65. The predicted octanol–water partition coefficient (Wildman–Crippen LogP) is 2.69. The molecular formula is C25H28N6O3S2. The van der Waals surface area contributed by atoms with E-state index in [0.29, 0.717) is 25.5 Å². The highest BCUT2D eigenvalue weighted by molar-refractivity contribution is 7.88. The van der Waals surface area contributed by atoms with E-state index in [0.717, 1.165) is 59.4 Å². The van der Waals surface area contributed by atoms with Gasteiger partial charge in [0.25, 0.3) is 0 Å². The van der Waals surface area contributed by atoms with Crippen molar-refractivity contribution in [3.05, 3.63) is 48.8 Å². The van der Waals surface area contributed by atoms with Crippen LogP contribution >= 0.6 is 11.3 Å². The number of aromatic nitrogens is 3. The fourth-order valence-electron chi connectivity index (χ4n) is 4.87. The van der Waals surface area contributed by atoms with Gasteiger partial charge in [0.2, 0.25) is 10.0 Å². The monoisotopic (exact) mass is 524 g/mol. The molecule has 0 bridgehead atoms. The highest BCUT2D eigenvalue weighted by atomic mass is 32.2. The van der Waals surface area contributed by atoms with Crippen LogP contribution in [-0.2, 0) is 14.8 Å². The lowest BCUT2D eigenvalue weighted by Gasteiger charge is -2.38. The second-order valence-corrected chi connectivity index (χ2v) is 12.3. The third-order valence-electron chi connectivity index (χ3n) is 6.82. The summed E-state index contributed by atoms with van der Waals surface area (Å²) in [5, 5.41) is 3.28. The van der Waals surface area contributed by atoms with Crippen LogP contribution in [0.4, 0.5) is 5.00 Å². The van der Waals surface area contributed by atoms with Crippen molar-refractivity contribution in [1.29, 1.82) is 0 Å². The van der Waals surface area contributed by atoms with Crippen molar-refractivity contribution in [1.82, 2.24) is 24.2 Å². The maximum absolute atomic E-state index is 11.8. The molecule has 2 aliphatic heterocycles. The molecule has 0 radical (unpaired) electrons. The molecule has 1 unspecified atom stereocenters. The number of sulfonamides is 1. The molecule has 5 heterocycles. The number of thiophene rings is 1. The second-order valence-electron chi connectivity index (χ2n) is 9.36. The molecule has 6 rings (SSSR count). The van der Waals surface area contributed by atoms with Crippen LogP contribution in [0.5, 0.6) is 0 Å². The first-order valence-electron chi connectivity index (χ1n) is 12.1. The summed E-state index contributed by atoms with van der Waals surface area (Å²) >= 11 is 1.68. The Labute approximate surface area is 214 Å². The van der Waals surface area contributed by atoms with Crippen molar-refractivity contribution in [3.63, 3.8) is 0 Å². The summed E-state index contributed by atoms with van der Waals surface area (Å²) in [6.07, 6.45) is 5.09. The lowest BCUT2D eigenvalue weighted by Crippen LogP contribution is -2.53. The number of ether oxygens (including phenoxy) is 1. The number of morpholine rings is 1. The van der Waals surface area contributed by atoms with Gasteiger partial charge in [-0.15, -0.1) is 0 Å². The molecule has 2 aliphatic rings. The molecule has 188 valence electrons. The second kappa shape index (κ2) is 9.64. The summed E-state index contributed by atoms with van der Waals surface area (Å²) < 4.78 is 31.2. The van der Waals surface area contributed by atoms with Crippen molar-refractivity contribution in [2.75, 3.05) is 63.6 Å². The molecular weight excluding hydrogens is 496 g/mol. The summed E-state index contributed by atoms with van der Waals surface area (Å²) in [7, 11) is -3.12. The number of para-hydroxylation sites is 1. The van der Waals surface area contributed by atoms with Gasteiger partial charge < -0.3 is 9.64 Å². The lowest BCUT2D eigenvalue weighted by molar-refractivity contribution is 0.0101. The zero-order valence-electron chi connectivity index (χ0n) is 20.1. The molecule has 4 aromatic rings. The van der Waals surface area contributed by atoms with Crippen molar-refractivity contribution in [3.8, 4) is 11.4 Å². The number of piperazine rings is 1. The van der Waals surface area contributed by atoms with Gasteiger partial charge in [0.1, 0.15) is 4.83 Å². The van der Waals surface area contributed by atoms with Crippen molar-refractivity contribution >= 4 is 47.5 Å². The molecule has 0 amide bonds. The van der Waals surface area contributed by atoms with Gasteiger partial charge in [-0.2, -0.15) is 4.31 Å². The van der Waals surface area contributed by atoms with Crippen LogP contribution < -0.4 is 4.90 Å². The van der Waals surface area contributed by atoms with E-state index in [9.17, 15) is 8.42 Å². The van der Waals surface area contributed by atoms with E-state index in [2.05, 4.69) is 31.9 Å². The molecule has 0 N–H and O–H groups in total. The Bertz CT molecular complexity index is 1500. The number of fused-ring (bicyclic) bond motifs is 2. The zero-order chi connectivity index (χ0) is 24.7. The maximum atomic E-state index is 11.8. The third kappa shape index (κ3) is 4.94. The van der Waals surface area contributed by atoms with Gasteiger partial charge in [-0.05, 0) is 18.2 Å². The van der Waals surface area contributed by atoms with E-state index in [1.165, 1.54) is 11.3 Å². The molecule has 11 heteroatoms. The van der Waals surface area contributed by atoms with Crippen molar-refractivity contribution in [2.45, 2.75) is 6.10 Å². The van der Waals surface area contributed by atoms with Gasteiger partial charge >= 0.3 is 0 Å². The van der Waals surface area contributed by atoms with Crippen molar-refractivity contribution in [2.24, 2.45) is 0 Å². The first-order chi connectivity index (χ1) is 17.4. The molecule has 2 fully saturated rings. The topological polar surface area (TPSA) is 91.8 Å². The average Bonchev–Trinajstić information content (AvgIpc) is 3.32. The fourth-order valence-corrected chi connectivity index (χ4v) is 6.73. The fraction of sp³-hybridized carbons (Fsp3) is 0.400. The number of hydrogen-bond acceptors (Lipinski definition) is 9. The summed E-state index contributed by atoms with van der Waals surface area (Å²) in [6, 6.07) is 12.3. The number of rotatable bonds is 5. The van der Waals surface area contributed by atoms with Gasteiger partial charge in [-0.3, -0.25) is 9.88 Å². The van der Waals surface area contributed by atoms with Crippen LogP contribution in [-0.4, -0.2) is 97.4 Å². The average molecular weight is 525 g/mol. The van der Waals surface area contributed by atoms with Crippen LogP contribution in [0, 0.1) is 0 Å². The first-order valence-corrected chi connectivity index (χ1v) is 14.7.